The molecule has 0 saturated heterocycles. The van der Waals surface area contributed by atoms with E-state index < -0.39 is 11.6 Å². The Hall–Kier alpha value is -3.11. The van der Waals surface area contributed by atoms with Gasteiger partial charge in [-0.3, -0.25) is 4.68 Å². The Labute approximate surface area is 179 Å². The van der Waals surface area contributed by atoms with Gasteiger partial charge in [0.1, 0.15) is 16.7 Å². The van der Waals surface area contributed by atoms with Gasteiger partial charge in [0.15, 0.2) is 5.82 Å². The number of aromatic nitrogens is 5. The monoisotopic (exact) mass is 447 g/mol. The number of halogens is 3. The molecule has 3 heterocycles. The van der Waals surface area contributed by atoms with Crippen molar-refractivity contribution in [1.29, 1.82) is 0 Å². The van der Waals surface area contributed by atoms with E-state index in [1.54, 1.807) is 33.9 Å². The molecule has 1 aromatic carbocycles. The summed E-state index contributed by atoms with van der Waals surface area (Å²) in [5.41, 5.74) is 3.34. The molecule has 0 spiro atoms. The second-order valence-corrected chi connectivity index (χ2v) is 7.82. The van der Waals surface area contributed by atoms with Crippen LogP contribution in [0.15, 0.2) is 42.3 Å². The lowest BCUT2D eigenvalue weighted by Gasteiger charge is -2.10. The SMILES string of the molecule is Cc1scnc1Cn1cc(Nc2ncc(Cl)c(NCc3c(F)cccc3F)n2)cn1. The first-order valence-electron chi connectivity index (χ1n) is 8.87. The van der Waals surface area contributed by atoms with E-state index in [0.29, 0.717) is 12.2 Å². The van der Waals surface area contributed by atoms with Crippen LogP contribution in [0.4, 0.5) is 26.2 Å². The third-order valence-electron chi connectivity index (χ3n) is 4.28. The van der Waals surface area contributed by atoms with E-state index in [1.165, 1.54) is 24.4 Å². The maximum atomic E-state index is 13.8. The maximum Gasteiger partial charge on any atom is 0.229 e. The van der Waals surface area contributed by atoms with E-state index in [2.05, 4.69) is 30.7 Å². The number of hydrogen-bond donors (Lipinski definition) is 2. The highest BCUT2D eigenvalue weighted by Gasteiger charge is 2.12. The van der Waals surface area contributed by atoms with Gasteiger partial charge in [-0.25, -0.2) is 18.7 Å². The summed E-state index contributed by atoms with van der Waals surface area (Å²) in [6.07, 6.45) is 4.85. The molecule has 0 fully saturated rings. The van der Waals surface area contributed by atoms with Gasteiger partial charge in [0.05, 0.1) is 35.8 Å². The maximum absolute atomic E-state index is 13.8. The largest absolute Gasteiger partial charge is 0.364 e. The molecule has 2 N–H and O–H groups in total. The second kappa shape index (κ2) is 8.72. The molecule has 0 aliphatic rings. The second-order valence-electron chi connectivity index (χ2n) is 6.35. The lowest BCUT2D eigenvalue weighted by Crippen LogP contribution is -2.08. The van der Waals surface area contributed by atoms with Crippen molar-refractivity contribution >= 4 is 40.4 Å². The Morgan fingerprint density at radius 3 is 2.70 bits per heavy atom. The molecule has 7 nitrogen and oxygen atoms in total. The van der Waals surface area contributed by atoms with Gasteiger partial charge < -0.3 is 10.6 Å². The lowest BCUT2D eigenvalue weighted by atomic mass is 10.2. The third-order valence-corrected chi connectivity index (χ3v) is 5.36. The Balaban J connectivity index is 1.45. The molecule has 0 radical (unpaired) electrons. The molecule has 0 unspecified atom stereocenters. The molecule has 0 aliphatic heterocycles. The smallest absolute Gasteiger partial charge is 0.229 e. The van der Waals surface area contributed by atoms with Crippen molar-refractivity contribution < 1.29 is 8.78 Å². The minimum Gasteiger partial charge on any atom is -0.364 e. The average molecular weight is 448 g/mol. The molecule has 11 heteroatoms. The summed E-state index contributed by atoms with van der Waals surface area (Å²) in [5.74, 6) is -0.773. The topological polar surface area (TPSA) is 80.5 Å². The first-order valence-corrected chi connectivity index (χ1v) is 10.1. The zero-order valence-electron chi connectivity index (χ0n) is 15.7. The summed E-state index contributed by atoms with van der Waals surface area (Å²) < 4.78 is 29.4. The predicted octanol–water partition coefficient (Wildman–Crippen LogP) is 4.77. The first-order chi connectivity index (χ1) is 14.5. The fourth-order valence-corrected chi connectivity index (χ4v) is 3.45. The van der Waals surface area contributed by atoms with Gasteiger partial charge in [-0.2, -0.15) is 10.1 Å². The number of hydrogen-bond acceptors (Lipinski definition) is 7. The van der Waals surface area contributed by atoms with Gasteiger partial charge in [-0.1, -0.05) is 17.7 Å². The minimum atomic E-state index is -0.645. The molecule has 0 amide bonds. The highest BCUT2D eigenvalue weighted by molar-refractivity contribution is 7.09. The third kappa shape index (κ3) is 4.55. The molecule has 0 atom stereocenters. The summed E-state index contributed by atoms with van der Waals surface area (Å²) in [6, 6.07) is 3.70. The number of aryl methyl sites for hydroxylation is 1. The molecule has 3 aromatic heterocycles. The fourth-order valence-electron chi connectivity index (χ4n) is 2.70. The van der Waals surface area contributed by atoms with Crippen LogP contribution in [0, 0.1) is 18.6 Å². The van der Waals surface area contributed by atoms with Crippen molar-refractivity contribution in [2.24, 2.45) is 0 Å². The number of rotatable bonds is 7. The standard InChI is InChI=1S/C19H16ClF2N7S/c1-11-17(25-10-30-11)9-29-8-12(5-26-29)27-19-24-7-14(20)18(28-19)23-6-13-15(21)3-2-4-16(13)22/h2-5,7-8,10H,6,9H2,1H3,(H2,23,24,27,28). The summed E-state index contributed by atoms with van der Waals surface area (Å²) >= 11 is 7.70. The van der Waals surface area contributed by atoms with Gasteiger partial charge in [-0.15, -0.1) is 11.3 Å². The van der Waals surface area contributed by atoms with E-state index >= 15 is 0 Å². The lowest BCUT2D eigenvalue weighted by molar-refractivity contribution is 0.560. The Morgan fingerprint density at radius 2 is 1.97 bits per heavy atom. The van der Waals surface area contributed by atoms with Crippen molar-refractivity contribution in [2.45, 2.75) is 20.0 Å². The van der Waals surface area contributed by atoms with Crippen LogP contribution < -0.4 is 10.6 Å². The van der Waals surface area contributed by atoms with Gasteiger partial charge in [0.25, 0.3) is 0 Å². The van der Waals surface area contributed by atoms with Gasteiger partial charge in [-0.05, 0) is 19.1 Å². The van der Waals surface area contributed by atoms with E-state index in [4.69, 9.17) is 11.6 Å². The van der Waals surface area contributed by atoms with Gasteiger partial charge in [0.2, 0.25) is 5.95 Å². The van der Waals surface area contributed by atoms with Crippen LogP contribution in [0.5, 0.6) is 0 Å². The van der Waals surface area contributed by atoms with Crippen LogP contribution in [0.25, 0.3) is 0 Å². The molecular formula is C19H16ClF2N7S. The highest BCUT2D eigenvalue weighted by atomic mass is 35.5. The summed E-state index contributed by atoms with van der Waals surface area (Å²) in [4.78, 5) is 13.9. The van der Waals surface area contributed by atoms with Crippen molar-refractivity contribution in [1.82, 2.24) is 24.7 Å². The van der Waals surface area contributed by atoms with Crippen LogP contribution in [0.2, 0.25) is 5.02 Å². The van der Waals surface area contributed by atoms with Crippen LogP contribution >= 0.6 is 22.9 Å². The van der Waals surface area contributed by atoms with Crippen LogP contribution in [-0.2, 0) is 13.1 Å². The number of nitrogens with zero attached hydrogens (tertiary/aromatic N) is 5. The first kappa shape index (κ1) is 20.2. The highest BCUT2D eigenvalue weighted by Crippen LogP contribution is 2.23. The Morgan fingerprint density at radius 1 is 1.17 bits per heavy atom. The number of nitrogens with one attached hydrogen (secondary N) is 2. The van der Waals surface area contributed by atoms with E-state index in [9.17, 15) is 8.78 Å². The van der Waals surface area contributed by atoms with E-state index in [1.807, 2.05) is 6.92 Å². The molecule has 154 valence electrons. The van der Waals surface area contributed by atoms with E-state index in [-0.39, 0.29) is 28.9 Å². The zero-order chi connectivity index (χ0) is 21.1. The van der Waals surface area contributed by atoms with Crippen molar-refractivity contribution in [3.63, 3.8) is 0 Å². The van der Waals surface area contributed by atoms with Crippen LogP contribution in [0.3, 0.4) is 0 Å². The number of thiazole rings is 1. The Bertz CT molecular complexity index is 1160. The molecule has 0 bridgehead atoms. The van der Waals surface area contributed by atoms with Crippen molar-refractivity contribution in [2.75, 3.05) is 10.6 Å². The molecule has 0 saturated carbocycles. The summed E-state index contributed by atoms with van der Waals surface area (Å²) in [7, 11) is 0. The molecule has 4 aromatic rings. The van der Waals surface area contributed by atoms with Crippen molar-refractivity contribution in [3.8, 4) is 0 Å². The van der Waals surface area contributed by atoms with Crippen molar-refractivity contribution in [3.05, 3.63) is 75.1 Å². The normalized spacial score (nSPS) is 10.9. The zero-order valence-corrected chi connectivity index (χ0v) is 17.3. The average Bonchev–Trinajstić information content (AvgIpc) is 3.33. The minimum absolute atomic E-state index is 0.0969. The molecule has 30 heavy (non-hydrogen) atoms. The predicted molar refractivity (Wildman–Crippen MR) is 112 cm³/mol. The van der Waals surface area contributed by atoms with Crippen LogP contribution in [0.1, 0.15) is 16.1 Å². The Kier molecular flexibility index (Phi) is 5.86. The molecule has 0 aliphatic carbocycles. The summed E-state index contributed by atoms with van der Waals surface area (Å²) in [6.45, 7) is 2.46. The van der Waals surface area contributed by atoms with Crippen LogP contribution in [-0.4, -0.2) is 24.7 Å². The molecular weight excluding hydrogens is 432 g/mol. The van der Waals surface area contributed by atoms with Gasteiger partial charge in [0, 0.05) is 23.2 Å². The number of anilines is 3. The quantitative estimate of drug-likeness (QED) is 0.424. The van der Waals surface area contributed by atoms with E-state index in [0.717, 1.165) is 10.6 Å². The number of benzene rings is 1. The van der Waals surface area contributed by atoms with Gasteiger partial charge >= 0.3 is 0 Å². The molecule has 4 rings (SSSR count). The summed E-state index contributed by atoms with van der Waals surface area (Å²) in [5, 5.41) is 10.4. The fraction of sp³-hybridized carbons (Fsp3) is 0.158.